The van der Waals surface area contributed by atoms with E-state index >= 15 is 0 Å². The number of aromatic nitrogens is 1. The predicted molar refractivity (Wildman–Crippen MR) is 85.6 cm³/mol. The van der Waals surface area contributed by atoms with Crippen molar-refractivity contribution in [2.45, 2.75) is 19.3 Å². The summed E-state index contributed by atoms with van der Waals surface area (Å²) in [4.78, 5) is 17.8. The van der Waals surface area contributed by atoms with Crippen molar-refractivity contribution in [2.24, 2.45) is 0 Å². The highest BCUT2D eigenvalue weighted by Gasteiger charge is 2.17. The van der Waals surface area contributed by atoms with Crippen molar-refractivity contribution in [1.29, 1.82) is 0 Å². The molecule has 1 aromatic carbocycles. The molecule has 1 fully saturated rings. The minimum atomic E-state index is -0.294. The molecule has 1 aliphatic heterocycles. The van der Waals surface area contributed by atoms with Gasteiger partial charge in [-0.05, 0) is 37.1 Å². The largest absolute Gasteiger partial charge is 0.490 e. The zero-order chi connectivity index (χ0) is 16.1. The van der Waals surface area contributed by atoms with Gasteiger partial charge in [0.15, 0.2) is 0 Å². The van der Waals surface area contributed by atoms with Gasteiger partial charge >= 0.3 is 0 Å². The summed E-state index contributed by atoms with van der Waals surface area (Å²) in [6.07, 6.45) is 4.26. The Morgan fingerprint density at radius 2 is 2.04 bits per heavy atom. The monoisotopic (exact) mass is 314 g/mol. The van der Waals surface area contributed by atoms with Crippen molar-refractivity contribution in [3.05, 3.63) is 48.4 Å². The SMILES string of the molecule is O=C1CCCCN1CCOc1ccc(-c2ccccc2F)nc1. The van der Waals surface area contributed by atoms with Crippen molar-refractivity contribution in [2.75, 3.05) is 19.7 Å². The maximum absolute atomic E-state index is 13.7. The third-order valence-corrected chi connectivity index (χ3v) is 3.94. The fourth-order valence-electron chi connectivity index (χ4n) is 2.67. The number of hydrogen-bond donors (Lipinski definition) is 0. The fraction of sp³-hybridized carbons (Fsp3) is 0.333. The Labute approximate surface area is 134 Å². The molecule has 0 aliphatic carbocycles. The minimum Gasteiger partial charge on any atom is -0.490 e. The van der Waals surface area contributed by atoms with Crippen molar-refractivity contribution < 1.29 is 13.9 Å². The summed E-state index contributed by atoms with van der Waals surface area (Å²) in [6, 6.07) is 10.0. The van der Waals surface area contributed by atoms with Crippen molar-refractivity contribution >= 4 is 5.91 Å². The van der Waals surface area contributed by atoms with Crippen LogP contribution < -0.4 is 4.74 Å². The summed E-state index contributed by atoms with van der Waals surface area (Å²) in [6.45, 7) is 1.84. The van der Waals surface area contributed by atoms with E-state index in [4.69, 9.17) is 4.74 Å². The van der Waals surface area contributed by atoms with E-state index in [2.05, 4.69) is 4.98 Å². The minimum absolute atomic E-state index is 0.202. The van der Waals surface area contributed by atoms with Crippen molar-refractivity contribution in [3.63, 3.8) is 0 Å². The molecule has 0 N–H and O–H groups in total. The van der Waals surface area contributed by atoms with Crippen molar-refractivity contribution in [1.82, 2.24) is 9.88 Å². The molecule has 4 nitrogen and oxygen atoms in total. The van der Waals surface area contributed by atoms with Crippen LogP contribution in [0.2, 0.25) is 0 Å². The zero-order valence-corrected chi connectivity index (χ0v) is 12.9. The number of hydrogen-bond acceptors (Lipinski definition) is 3. The topological polar surface area (TPSA) is 42.4 Å². The average molecular weight is 314 g/mol. The number of likely N-dealkylation sites (tertiary alicyclic amines) is 1. The number of carbonyl (C=O) groups excluding carboxylic acids is 1. The molecule has 1 aromatic heterocycles. The maximum Gasteiger partial charge on any atom is 0.222 e. The van der Waals surface area contributed by atoms with E-state index in [1.165, 1.54) is 6.07 Å². The van der Waals surface area contributed by atoms with Gasteiger partial charge in [-0.15, -0.1) is 0 Å². The molecule has 0 atom stereocenters. The van der Waals surface area contributed by atoms with E-state index in [0.29, 0.717) is 36.6 Å². The zero-order valence-electron chi connectivity index (χ0n) is 12.9. The Kier molecular flexibility index (Phi) is 4.86. The fourth-order valence-corrected chi connectivity index (χ4v) is 2.67. The second-order valence-electron chi connectivity index (χ2n) is 5.55. The van der Waals surface area contributed by atoms with Crippen LogP contribution in [0, 0.1) is 5.82 Å². The summed E-state index contributed by atoms with van der Waals surface area (Å²) >= 11 is 0. The number of nitrogens with zero attached hydrogens (tertiary/aromatic N) is 2. The quantitative estimate of drug-likeness (QED) is 0.850. The Hall–Kier alpha value is -2.43. The smallest absolute Gasteiger partial charge is 0.222 e. The van der Waals surface area contributed by atoms with Gasteiger partial charge in [0, 0.05) is 18.5 Å². The molecule has 5 heteroatoms. The molecule has 0 spiro atoms. The summed E-state index contributed by atoms with van der Waals surface area (Å²) in [5.41, 5.74) is 1.04. The number of rotatable bonds is 5. The predicted octanol–water partition coefficient (Wildman–Crippen LogP) is 3.28. The Bertz CT molecular complexity index is 673. The van der Waals surface area contributed by atoms with E-state index in [0.717, 1.165) is 19.4 Å². The number of benzene rings is 1. The molecule has 23 heavy (non-hydrogen) atoms. The first-order valence-electron chi connectivity index (χ1n) is 7.85. The lowest BCUT2D eigenvalue weighted by Gasteiger charge is -2.26. The molecule has 2 heterocycles. The molecule has 0 saturated carbocycles. The number of carbonyl (C=O) groups is 1. The lowest BCUT2D eigenvalue weighted by molar-refractivity contribution is -0.133. The van der Waals surface area contributed by atoms with Gasteiger partial charge in [-0.2, -0.15) is 0 Å². The second-order valence-corrected chi connectivity index (χ2v) is 5.55. The van der Waals surface area contributed by atoms with Crippen LogP contribution >= 0.6 is 0 Å². The molecule has 0 radical (unpaired) electrons. The molecule has 0 unspecified atom stereocenters. The highest BCUT2D eigenvalue weighted by molar-refractivity contribution is 5.76. The summed E-state index contributed by atoms with van der Waals surface area (Å²) in [5.74, 6) is 0.528. The highest BCUT2D eigenvalue weighted by Crippen LogP contribution is 2.22. The summed E-state index contributed by atoms with van der Waals surface area (Å²) in [5, 5.41) is 0. The number of ether oxygens (including phenoxy) is 1. The standard InChI is InChI=1S/C18H19FN2O2/c19-16-6-2-1-5-15(16)17-9-8-14(13-20-17)23-12-11-21-10-4-3-7-18(21)22/h1-2,5-6,8-9,13H,3-4,7,10-12H2. The molecule has 3 rings (SSSR count). The summed E-state index contributed by atoms with van der Waals surface area (Å²) in [7, 11) is 0. The van der Waals surface area contributed by atoms with Crippen LogP contribution in [0.25, 0.3) is 11.3 Å². The van der Waals surface area contributed by atoms with Gasteiger partial charge in [0.05, 0.1) is 18.4 Å². The average Bonchev–Trinajstić information content (AvgIpc) is 2.58. The molecular weight excluding hydrogens is 295 g/mol. The molecule has 0 bridgehead atoms. The number of amides is 1. The molecular formula is C18H19FN2O2. The third kappa shape index (κ3) is 3.86. The van der Waals surface area contributed by atoms with Gasteiger partial charge in [-0.25, -0.2) is 4.39 Å². The lowest BCUT2D eigenvalue weighted by atomic mass is 10.1. The van der Waals surface area contributed by atoms with E-state index in [1.807, 2.05) is 4.90 Å². The number of pyridine rings is 1. The highest BCUT2D eigenvalue weighted by atomic mass is 19.1. The van der Waals surface area contributed by atoms with Gasteiger partial charge < -0.3 is 9.64 Å². The Balaban J connectivity index is 1.56. The molecule has 1 aliphatic rings. The molecule has 1 amide bonds. The molecule has 120 valence electrons. The van der Waals surface area contributed by atoms with Gasteiger partial charge in [0.1, 0.15) is 18.2 Å². The second kappa shape index (κ2) is 7.22. The van der Waals surface area contributed by atoms with Crippen LogP contribution in [-0.4, -0.2) is 35.5 Å². The van der Waals surface area contributed by atoms with Gasteiger partial charge in [0.2, 0.25) is 5.91 Å². The first kappa shape index (κ1) is 15.5. The maximum atomic E-state index is 13.7. The number of piperidine rings is 1. The normalized spacial score (nSPS) is 14.8. The first-order valence-corrected chi connectivity index (χ1v) is 7.85. The van der Waals surface area contributed by atoms with E-state index < -0.39 is 0 Å². The van der Waals surface area contributed by atoms with Crippen LogP contribution in [0.4, 0.5) is 4.39 Å². The van der Waals surface area contributed by atoms with Crippen molar-refractivity contribution in [3.8, 4) is 17.0 Å². The molecule has 1 saturated heterocycles. The van der Waals surface area contributed by atoms with Crippen LogP contribution in [0.5, 0.6) is 5.75 Å². The summed E-state index contributed by atoms with van der Waals surface area (Å²) < 4.78 is 19.3. The Morgan fingerprint density at radius 3 is 2.78 bits per heavy atom. The van der Waals surface area contributed by atoms with Gasteiger partial charge in [-0.1, -0.05) is 12.1 Å². The molecule has 2 aromatic rings. The first-order chi connectivity index (χ1) is 11.2. The van der Waals surface area contributed by atoms with Gasteiger partial charge in [0.25, 0.3) is 0 Å². The van der Waals surface area contributed by atoms with Crippen LogP contribution in [0.15, 0.2) is 42.6 Å². The lowest BCUT2D eigenvalue weighted by Crippen LogP contribution is -2.38. The third-order valence-electron chi connectivity index (χ3n) is 3.94. The van der Waals surface area contributed by atoms with Crippen LogP contribution in [-0.2, 0) is 4.79 Å². The van der Waals surface area contributed by atoms with Crippen LogP contribution in [0.1, 0.15) is 19.3 Å². The van der Waals surface area contributed by atoms with E-state index in [1.54, 1.807) is 36.5 Å². The van der Waals surface area contributed by atoms with E-state index in [-0.39, 0.29) is 11.7 Å². The number of halogens is 1. The van der Waals surface area contributed by atoms with E-state index in [9.17, 15) is 9.18 Å². The Morgan fingerprint density at radius 1 is 1.17 bits per heavy atom. The van der Waals surface area contributed by atoms with Crippen LogP contribution in [0.3, 0.4) is 0 Å². The van der Waals surface area contributed by atoms with Gasteiger partial charge in [-0.3, -0.25) is 9.78 Å².